The Morgan fingerprint density at radius 2 is 2.19 bits per heavy atom. The van der Waals surface area contributed by atoms with E-state index in [1.165, 1.54) is 5.56 Å². The number of rotatable bonds is 7. The van der Waals surface area contributed by atoms with Gasteiger partial charge in [-0.15, -0.1) is 6.58 Å². The lowest BCUT2D eigenvalue weighted by molar-refractivity contribution is 0.404. The van der Waals surface area contributed by atoms with Crippen molar-refractivity contribution in [2.45, 2.75) is 25.3 Å². The Labute approximate surface area is 98.3 Å². The average molecular weight is 219 g/mol. The van der Waals surface area contributed by atoms with Crippen LogP contribution in [-0.2, 0) is 6.42 Å². The van der Waals surface area contributed by atoms with Crippen LogP contribution in [0.25, 0.3) is 0 Å². The van der Waals surface area contributed by atoms with Crippen molar-refractivity contribution in [3.05, 3.63) is 42.5 Å². The van der Waals surface area contributed by atoms with Crippen LogP contribution in [-0.4, -0.2) is 20.2 Å². The Balaban J connectivity index is 2.65. The van der Waals surface area contributed by atoms with Gasteiger partial charge in [0.15, 0.2) is 0 Å². The Hall–Kier alpha value is -1.28. The van der Waals surface area contributed by atoms with Gasteiger partial charge in [0.05, 0.1) is 7.11 Å². The Bertz CT molecular complexity index is 322. The van der Waals surface area contributed by atoms with E-state index < -0.39 is 0 Å². The lowest BCUT2D eigenvalue weighted by atomic mass is 10.0. The lowest BCUT2D eigenvalue weighted by Crippen LogP contribution is -2.27. The van der Waals surface area contributed by atoms with Crippen LogP contribution in [0.3, 0.4) is 0 Å². The molecule has 1 aromatic carbocycles. The van der Waals surface area contributed by atoms with E-state index in [0.29, 0.717) is 6.04 Å². The first kappa shape index (κ1) is 12.8. The number of methoxy groups -OCH3 is 1. The van der Waals surface area contributed by atoms with Gasteiger partial charge in [-0.25, -0.2) is 0 Å². The molecule has 1 atom stereocenters. The molecule has 0 amide bonds. The van der Waals surface area contributed by atoms with Gasteiger partial charge in [0.2, 0.25) is 0 Å². The number of benzene rings is 1. The van der Waals surface area contributed by atoms with E-state index >= 15 is 0 Å². The minimum atomic E-state index is 0.481. The molecule has 16 heavy (non-hydrogen) atoms. The summed E-state index contributed by atoms with van der Waals surface area (Å²) in [6.07, 6.45) is 5.11. The zero-order valence-electron chi connectivity index (χ0n) is 10.2. The Kier molecular flexibility index (Phi) is 5.65. The molecule has 1 aromatic rings. The highest BCUT2D eigenvalue weighted by molar-refractivity contribution is 5.33. The van der Waals surface area contributed by atoms with Crippen LogP contribution < -0.4 is 10.1 Å². The summed E-state index contributed by atoms with van der Waals surface area (Å²) in [5.74, 6) is 0.973. The molecule has 1 unspecified atom stereocenters. The first-order chi connectivity index (χ1) is 7.81. The van der Waals surface area contributed by atoms with Gasteiger partial charge in [-0.2, -0.15) is 0 Å². The molecule has 0 heterocycles. The van der Waals surface area contributed by atoms with E-state index in [9.17, 15) is 0 Å². The quantitative estimate of drug-likeness (QED) is 0.712. The largest absolute Gasteiger partial charge is 0.496 e. The first-order valence-electron chi connectivity index (χ1n) is 5.71. The Morgan fingerprint density at radius 3 is 2.81 bits per heavy atom. The van der Waals surface area contributed by atoms with Gasteiger partial charge in [0.1, 0.15) is 5.75 Å². The molecule has 0 spiro atoms. The summed E-state index contributed by atoms with van der Waals surface area (Å²) in [6, 6.07) is 8.67. The minimum Gasteiger partial charge on any atom is -0.496 e. The van der Waals surface area contributed by atoms with Gasteiger partial charge < -0.3 is 10.1 Å². The fourth-order valence-corrected chi connectivity index (χ4v) is 1.80. The monoisotopic (exact) mass is 219 g/mol. The van der Waals surface area contributed by atoms with Crippen LogP contribution in [0.4, 0.5) is 0 Å². The summed E-state index contributed by atoms with van der Waals surface area (Å²) in [5, 5.41) is 3.33. The van der Waals surface area contributed by atoms with Crippen LogP contribution in [0.5, 0.6) is 5.75 Å². The highest BCUT2D eigenvalue weighted by Gasteiger charge is 2.09. The second-order valence-electron chi connectivity index (χ2n) is 3.87. The molecule has 2 heteroatoms. The summed E-state index contributed by atoms with van der Waals surface area (Å²) in [6.45, 7) is 3.76. The van der Waals surface area contributed by atoms with Crippen molar-refractivity contribution in [1.29, 1.82) is 0 Å². The summed E-state index contributed by atoms with van der Waals surface area (Å²) >= 11 is 0. The fraction of sp³-hybridized carbons (Fsp3) is 0.429. The summed E-state index contributed by atoms with van der Waals surface area (Å²) in [7, 11) is 3.72. The van der Waals surface area contributed by atoms with Crippen LogP contribution in [0, 0.1) is 0 Å². The van der Waals surface area contributed by atoms with Crippen molar-refractivity contribution in [2.24, 2.45) is 0 Å². The van der Waals surface area contributed by atoms with Crippen LogP contribution in [0.1, 0.15) is 18.4 Å². The highest BCUT2D eigenvalue weighted by Crippen LogP contribution is 2.19. The molecule has 0 aliphatic rings. The second kappa shape index (κ2) is 7.07. The van der Waals surface area contributed by atoms with Crippen molar-refractivity contribution < 1.29 is 4.74 Å². The molecule has 0 aliphatic carbocycles. The normalized spacial score (nSPS) is 12.1. The molecule has 0 saturated carbocycles. The molecule has 0 bridgehead atoms. The smallest absolute Gasteiger partial charge is 0.122 e. The Morgan fingerprint density at radius 1 is 1.44 bits per heavy atom. The zero-order valence-corrected chi connectivity index (χ0v) is 10.2. The van der Waals surface area contributed by atoms with Crippen molar-refractivity contribution in [2.75, 3.05) is 14.2 Å². The topological polar surface area (TPSA) is 21.3 Å². The SMILES string of the molecule is C=CCCC(Cc1ccccc1OC)NC. The van der Waals surface area contributed by atoms with Crippen LogP contribution >= 0.6 is 0 Å². The maximum Gasteiger partial charge on any atom is 0.122 e. The van der Waals surface area contributed by atoms with Crippen molar-refractivity contribution in [3.8, 4) is 5.75 Å². The lowest BCUT2D eigenvalue weighted by Gasteiger charge is -2.17. The van der Waals surface area contributed by atoms with Gasteiger partial charge in [0.25, 0.3) is 0 Å². The van der Waals surface area contributed by atoms with Gasteiger partial charge in [-0.05, 0) is 37.9 Å². The number of para-hydroxylation sites is 1. The molecule has 0 aromatic heterocycles. The predicted octanol–water partition coefficient (Wildman–Crippen LogP) is 2.79. The van der Waals surface area contributed by atoms with E-state index in [4.69, 9.17) is 4.74 Å². The molecule has 88 valence electrons. The number of likely N-dealkylation sites (N-methyl/N-ethyl adjacent to an activating group) is 1. The number of hydrogen-bond acceptors (Lipinski definition) is 2. The maximum absolute atomic E-state index is 5.35. The summed E-state index contributed by atoms with van der Waals surface area (Å²) in [5.41, 5.74) is 1.26. The molecule has 1 rings (SSSR count). The molecule has 2 nitrogen and oxygen atoms in total. The van der Waals surface area contributed by atoms with Gasteiger partial charge in [0, 0.05) is 6.04 Å². The molecule has 0 saturated heterocycles. The molecule has 1 N–H and O–H groups in total. The van der Waals surface area contributed by atoms with Gasteiger partial charge in [-0.3, -0.25) is 0 Å². The number of hydrogen-bond donors (Lipinski definition) is 1. The molecule has 0 aliphatic heterocycles. The van der Waals surface area contributed by atoms with Gasteiger partial charge in [-0.1, -0.05) is 24.3 Å². The third kappa shape index (κ3) is 3.70. The van der Waals surface area contributed by atoms with Crippen molar-refractivity contribution in [3.63, 3.8) is 0 Å². The number of allylic oxidation sites excluding steroid dienone is 1. The van der Waals surface area contributed by atoms with E-state index in [1.807, 2.05) is 25.3 Å². The second-order valence-corrected chi connectivity index (χ2v) is 3.87. The molecular weight excluding hydrogens is 198 g/mol. The minimum absolute atomic E-state index is 0.481. The maximum atomic E-state index is 5.35. The fourth-order valence-electron chi connectivity index (χ4n) is 1.80. The van der Waals surface area contributed by atoms with Crippen molar-refractivity contribution >= 4 is 0 Å². The molecule has 0 radical (unpaired) electrons. The number of ether oxygens (including phenoxy) is 1. The van der Waals surface area contributed by atoms with E-state index in [0.717, 1.165) is 25.0 Å². The standard InChI is InChI=1S/C14H21NO/c1-4-5-9-13(15-2)11-12-8-6-7-10-14(12)16-3/h4,6-8,10,13,15H,1,5,9,11H2,2-3H3. The average Bonchev–Trinajstić information content (AvgIpc) is 2.34. The van der Waals surface area contributed by atoms with Crippen LogP contribution in [0.15, 0.2) is 36.9 Å². The number of nitrogens with one attached hydrogen (secondary N) is 1. The molecule has 0 fully saturated rings. The van der Waals surface area contributed by atoms with Crippen molar-refractivity contribution in [1.82, 2.24) is 5.32 Å². The third-order valence-corrected chi connectivity index (χ3v) is 2.79. The van der Waals surface area contributed by atoms with Gasteiger partial charge >= 0.3 is 0 Å². The first-order valence-corrected chi connectivity index (χ1v) is 5.71. The zero-order chi connectivity index (χ0) is 11.8. The molecular formula is C14H21NO. The predicted molar refractivity (Wildman–Crippen MR) is 69.0 cm³/mol. The third-order valence-electron chi connectivity index (χ3n) is 2.79. The van der Waals surface area contributed by atoms with E-state index in [-0.39, 0.29) is 0 Å². The van der Waals surface area contributed by atoms with Crippen LogP contribution in [0.2, 0.25) is 0 Å². The summed E-state index contributed by atoms with van der Waals surface area (Å²) in [4.78, 5) is 0. The van der Waals surface area contributed by atoms with E-state index in [2.05, 4.69) is 24.0 Å². The van der Waals surface area contributed by atoms with E-state index in [1.54, 1.807) is 7.11 Å². The highest BCUT2D eigenvalue weighted by atomic mass is 16.5. The summed E-state index contributed by atoms with van der Waals surface area (Å²) < 4.78 is 5.35.